The largest absolute Gasteiger partial charge is 0.332 e. The molecule has 2 fully saturated rings. The summed E-state index contributed by atoms with van der Waals surface area (Å²) in [6, 6.07) is 0.449. The molecule has 0 aromatic rings. The van der Waals surface area contributed by atoms with Crippen LogP contribution < -0.4 is 21.5 Å². The van der Waals surface area contributed by atoms with E-state index in [1.54, 1.807) is 0 Å². The van der Waals surface area contributed by atoms with Gasteiger partial charge in [-0.25, -0.2) is 4.79 Å². The van der Waals surface area contributed by atoms with Gasteiger partial charge < -0.3 is 10.6 Å². The minimum absolute atomic E-state index is 0.0570. The first-order valence-electron chi connectivity index (χ1n) is 6.52. The highest BCUT2D eigenvalue weighted by Gasteiger charge is 2.42. The van der Waals surface area contributed by atoms with Crippen LogP contribution >= 0.6 is 36.6 Å². The summed E-state index contributed by atoms with van der Waals surface area (Å²) in [5.41, 5.74) is 4.97. The minimum Gasteiger partial charge on any atom is -0.332 e. The van der Waals surface area contributed by atoms with Crippen LogP contribution in [-0.4, -0.2) is 39.3 Å². The number of unbranched alkanes of at least 4 members (excludes halogenated alkanes) is 1. The number of thiol groups is 1. The standard InChI is InChI=1S/C11H18N4O2S3/c16-8(14-15-11(18)19)4-2-1-3-7-9-6(5-20-7)12-10(17)13-9/h6-7,9H,1-5H2,(H,14,16)(H2,12,13,17)(H2,15,18,19)/t6?,7-,9?/m1/s1. The number of urea groups is 1. The van der Waals surface area contributed by atoms with E-state index in [0.717, 1.165) is 25.0 Å². The molecule has 0 aromatic heterocycles. The Hall–Kier alpha value is -0.670. The van der Waals surface area contributed by atoms with Crippen molar-refractivity contribution in [3.05, 3.63) is 0 Å². The van der Waals surface area contributed by atoms with E-state index in [4.69, 9.17) is 0 Å². The highest BCUT2D eigenvalue weighted by atomic mass is 32.2. The molecule has 0 aromatic carbocycles. The van der Waals surface area contributed by atoms with Crippen molar-refractivity contribution in [1.29, 1.82) is 0 Å². The smallest absolute Gasteiger partial charge is 0.315 e. The van der Waals surface area contributed by atoms with Crippen LogP contribution in [0.15, 0.2) is 0 Å². The van der Waals surface area contributed by atoms with Crippen molar-refractivity contribution in [2.24, 2.45) is 0 Å². The van der Waals surface area contributed by atoms with Gasteiger partial charge in [-0.05, 0) is 12.8 Å². The van der Waals surface area contributed by atoms with Gasteiger partial charge in [0.1, 0.15) is 4.32 Å². The second kappa shape index (κ2) is 7.37. The van der Waals surface area contributed by atoms with E-state index in [1.165, 1.54) is 0 Å². The summed E-state index contributed by atoms with van der Waals surface area (Å²) in [6.45, 7) is 0. The Labute approximate surface area is 133 Å². The number of nitrogens with one attached hydrogen (secondary N) is 4. The van der Waals surface area contributed by atoms with E-state index in [0.29, 0.717) is 11.7 Å². The summed E-state index contributed by atoms with van der Waals surface area (Å²) >= 11 is 10.4. The van der Waals surface area contributed by atoms with Gasteiger partial charge in [0.2, 0.25) is 5.91 Å². The number of fused-ring (bicyclic) bond motifs is 1. The van der Waals surface area contributed by atoms with Crippen molar-refractivity contribution >= 4 is 52.9 Å². The zero-order valence-corrected chi connectivity index (χ0v) is 13.4. The van der Waals surface area contributed by atoms with Gasteiger partial charge in [0.05, 0.1) is 12.1 Å². The fourth-order valence-electron chi connectivity index (χ4n) is 2.46. The summed E-state index contributed by atoms with van der Waals surface area (Å²) in [4.78, 5) is 22.7. The molecule has 6 nitrogen and oxygen atoms in total. The monoisotopic (exact) mass is 334 g/mol. The molecule has 0 aliphatic carbocycles. The molecule has 4 N–H and O–H groups in total. The maximum atomic E-state index is 11.4. The van der Waals surface area contributed by atoms with Crippen LogP contribution in [0.4, 0.5) is 4.79 Å². The second-order valence-electron chi connectivity index (χ2n) is 4.85. The third kappa shape index (κ3) is 4.42. The summed E-state index contributed by atoms with van der Waals surface area (Å²) in [5.74, 6) is 0.881. The molecule has 0 bridgehead atoms. The molecular formula is C11H18N4O2S3. The molecule has 3 amide bonds. The second-order valence-corrected chi connectivity index (χ2v) is 7.28. The van der Waals surface area contributed by atoms with E-state index in [-0.39, 0.29) is 28.3 Å². The first-order chi connectivity index (χ1) is 9.56. The van der Waals surface area contributed by atoms with Gasteiger partial charge >= 0.3 is 6.03 Å². The third-order valence-electron chi connectivity index (χ3n) is 3.39. The fourth-order valence-corrected chi connectivity index (χ4v) is 4.11. The highest BCUT2D eigenvalue weighted by Crippen LogP contribution is 2.33. The predicted molar refractivity (Wildman–Crippen MR) is 86.8 cm³/mol. The highest BCUT2D eigenvalue weighted by molar-refractivity contribution is 8.11. The zero-order chi connectivity index (χ0) is 14.5. The summed E-state index contributed by atoms with van der Waals surface area (Å²) in [5, 5.41) is 6.33. The lowest BCUT2D eigenvalue weighted by Crippen LogP contribution is -2.38. The van der Waals surface area contributed by atoms with Crippen LogP contribution in [-0.2, 0) is 4.79 Å². The van der Waals surface area contributed by atoms with E-state index < -0.39 is 0 Å². The number of carbonyl (C=O) groups excluding carboxylic acids is 2. The molecule has 3 atom stereocenters. The molecule has 9 heteroatoms. The predicted octanol–water partition coefficient (Wildman–Crippen LogP) is 0.548. The van der Waals surface area contributed by atoms with Crippen LogP contribution in [0.1, 0.15) is 25.7 Å². The van der Waals surface area contributed by atoms with Crippen molar-refractivity contribution in [2.75, 3.05) is 5.75 Å². The Balaban J connectivity index is 1.58. The lowest BCUT2D eigenvalue weighted by Gasteiger charge is -2.16. The lowest BCUT2D eigenvalue weighted by molar-refractivity contribution is -0.121. The van der Waals surface area contributed by atoms with Gasteiger partial charge in [-0.1, -0.05) is 18.6 Å². The van der Waals surface area contributed by atoms with E-state index in [2.05, 4.69) is 46.3 Å². The number of hydrogen-bond donors (Lipinski definition) is 5. The molecule has 0 radical (unpaired) electrons. The number of thiocarbonyl (C=S) groups is 1. The molecule has 0 spiro atoms. The Bertz CT molecular complexity index is 407. The van der Waals surface area contributed by atoms with Gasteiger partial charge in [-0.2, -0.15) is 11.8 Å². The number of carbonyl (C=O) groups is 2. The molecule has 2 aliphatic heterocycles. The number of amides is 3. The fraction of sp³-hybridized carbons (Fsp3) is 0.727. The first kappa shape index (κ1) is 15.7. The molecule has 0 saturated carbocycles. The number of hydrazine groups is 1. The Morgan fingerprint density at radius 2 is 2.20 bits per heavy atom. The quantitative estimate of drug-likeness (QED) is 0.167. The van der Waals surface area contributed by atoms with Crippen molar-refractivity contribution < 1.29 is 9.59 Å². The first-order valence-corrected chi connectivity index (χ1v) is 8.43. The number of hydrogen-bond acceptors (Lipinski definition) is 4. The zero-order valence-electron chi connectivity index (χ0n) is 10.8. The molecule has 2 rings (SSSR count). The van der Waals surface area contributed by atoms with Crippen LogP contribution in [0.25, 0.3) is 0 Å². The van der Waals surface area contributed by atoms with Crippen molar-refractivity contribution in [1.82, 2.24) is 21.5 Å². The molecular weight excluding hydrogens is 316 g/mol. The average molecular weight is 334 g/mol. The summed E-state index contributed by atoms with van der Waals surface area (Å²) < 4.78 is 0.247. The van der Waals surface area contributed by atoms with Crippen LogP contribution in [0.2, 0.25) is 0 Å². The SMILES string of the molecule is O=C(CCCC[C@H]1SCC2NC(=O)NC21)NNC(=S)S. The van der Waals surface area contributed by atoms with Crippen molar-refractivity contribution in [3.8, 4) is 0 Å². The van der Waals surface area contributed by atoms with E-state index in [1.807, 2.05) is 11.8 Å². The van der Waals surface area contributed by atoms with Gasteiger partial charge in [0.15, 0.2) is 0 Å². The Morgan fingerprint density at radius 1 is 1.40 bits per heavy atom. The molecule has 2 saturated heterocycles. The topological polar surface area (TPSA) is 82.3 Å². The third-order valence-corrected chi connectivity index (χ3v) is 5.11. The van der Waals surface area contributed by atoms with E-state index >= 15 is 0 Å². The molecule has 2 unspecified atom stereocenters. The molecule has 112 valence electrons. The van der Waals surface area contributed by atoms with Gasteiger partial charge in [0, 0.05) is 17.4 Å². The normalized spacial score (nSPS) is 27.4. The lowest BCUT2D eigenvalue weighted by atomic mass is 10.0. The Kier molecular flexibility index (Phi) is 5.79. The van der Waals surface area contributed by atoms with Crippen LogP contribution in [0, 0.1) is 0 Å². The van der Waals surface area contributed by atoms with Crippen molar-refractivity contribution in [3.63, 3.8) is 0 Å². The van der Waals surface area contributed by atoms with Crippen molar-refractivity contribution in [2.45, 2.75) is 43.0 Å². The van der Waals surface area contributed by atoms with Crippen LogP contribution in [0.3, 0.4) is 0 Å². The molecule has 2 heterocycles. The van der Waals surface area contributed by atoms with E-state index in [9.17, 15) is 9.59 Å². The summed E-state index contributed by atoms with van der Waals surface area (Å²) in [7, 11) is 0. The maximum Gasteiger partial charge on any atom is 0.315 e. The minimum atomic E-state index is -0.0887. The molecule has 2 aliphatic rings. The maximum absolute atomic E-state index is 11.4. The van der Waals surface area contributed by atoms with Gasteiger partial charge in [0.25, 0.3) is 0 Å². The van der Waals surface area contributed by atoms with Gasteiger partial charge in [-0.3, -0.25) is 15.6 Å². The van der Waals surface area contributed by atoms with Gasteiger partial charge in [-0.15, -0.1) is 12.6 Å². The number of rotatable bonds is 5. The van der Waals surface area contributed by atoms with Crippen LogP contribution in [0.5, 0.6) is 0 Å². The Morgan fingerprint density at radius 3 is 2.95 bits per heavy atom. The number of thioether (sulfide) groups is 1. The average Bonchev–Trinajstić information content (AvgIpc) is 2.92. The summed E-state index contributed by atoms with van der Waals surface area (Å²) in [6.07, 6.45) is 3.26. The molecule has 20 heavy (non-hydrogen) atoms.